The summed E-state index contributed by atoms with van der Waals surface area (Å²) in [6.45, 7) is 8.15. The van der Waals surface area contributed by atoms with Crippen molar-refractivity contribution in [3.8, 4) is 0 Å². The van der Waals surface area contributed by atoms with E-state index in [2.05, 4.69) is 42.5 Å². The van der Waals surface area contributed by atoms with E-state index in [4.69, 9.17) is 4.52 Å². The van der Waals surface area contributed by atoms with Gasteiger partial charge >= 0.3 is 0 Å². The molecular weight excluding hydrogens is 476 g/mol. The van der Waals surface area contributed by atoms with Gasteiger partial charge in [-0.05, 0) is 67.5 Å². The van der Waals surface area contributed by atoms with E-state index >= 15 is 0 Å². The van der Waals surface area contributed by atoms with E-state index in [1.165, 1.54) is 39.8 Å². The van der Waals surface area contributed by atoms with Crippen LogP contribution in [0, 0.1) is 18.6 Å². The third-order valence-corrected chi connectivity index (χ3v) is 6.71. The second-order valence-corrected chi connectivity index (χ2v) is 9.62. The second kappa shape index (κ2) is 12.9. The quantitative estimate of drug-likeness (QED) is 0.349. The van der Waals surface area contributed by atoms with Gasteiger partial charge in [-0.2, -0.15) is 0 Å². The lowest BCUT2D eigenvalue weighted by Gasteiger charge is -2.33. The first-order valence-corrected chi connectivity index (χ1v) is 12.8. The van der Waals surface area contributed by atoms with Crippen molar-refractivity contribution in [1.29, 1.82) is 0 Å². The van der Waals surface area contributed by atoms with Crippen LogP contribution in [0.4, 0.5) is 8.78 Å². The van der Waals surface area contributed by atoms with E-state index in [0.29, 0.717) is 11.3 Å². The van der Waals surface area contributed by atoms with Crippen LogP contribution in [0.5, 0.6) is 0 Å². The Labute approximate surface area is 217 Å². The van der Waals surface area contributed by atoms with Crippen LogP contribution in [-0.4, -0.2) is 46.8 Å². The molecule has 3 atom stereocenters. The standard InChI is InChI=1S/C29H37F2N3O3/c1-6-8-22-10-9-20(7-2)14-25(22)19(4)32-17-28(35)27(15-21-12-23(30)16-24(31)13-21)34(5)29(36)26-11-18(3)37-33-26/h9-14,16,19,27-28,32,35H,6-8,15,17H2,1-5H3/t19-,27?,28?/m1/s1. The minimum atomic E-state index is -1.03. The maximum absolute atomic E-state index is 13.9. The van der Waals surface area contributed by atoms with Gasteiger partial charge in [0.15, 0.2) is 5.69 Å². The lowest BCUT2D eigenvalue weighted by molar-refractivity contribution is 0.0426. The first-order valence-electron chi connectivity index (χ1n) is 12.8. The van der Waals surface area contributed by atoms with Gasteiger partial charge in [0.1, 0.15) is 17.4 Å². The molecule has 1 aromatic heterocycles. The molecule has 200 valence electrons. The molecule has 2 aromatic carbocycles. The number of hydrogen-bond acceptors (Lipinski definition) is 5. The average Bonchev–Trinajstić information content (AvgIpc) is 3.30. The monoisotopic (exact) mass is 513 g/mol. The van der Waals surface area contributed by atoms with E-state index in [9.17, 15) is 18.7 Å². The summed E-state index contributed by atoms with van der Waals surface area (Å²) in [5.41, 5.74) is 4.12. The molecule has 8 heteroatoms. The van der Waals surface area contributed by atoms with Crippen molar-refractivity contribution in [2.75, 3.05) is 13.6 Å². The van der Waals surface area contributed by atoms with Gasteiger partial charge in [-0.25, -0.2) is 8.78 Å². The molecule has 0 spiro atoms. The molecule has 0 bridgehead atoms. The second-order valence-electron chi connectivity index (χ2n) is 9.62. The van der Waals surface area contributed by atoms with Crippen LogP contribution in [-0.2, 0) is 19.3 Å². The Kier molecular flexibility index (Phi) is 9.94. The largest absolute Gasteiger partial charge is 0.390 e. The molecule has 2 N–H and O–H groups in total. The van der Waals surface area contributed by atoms with Crippen molar-refractivity contribution < 1.29 is 23.2 Å². The number of aromatic nitrogens is 1. The first kappa shape index (κ1) is 28.5. The number of aliphatic hydroxyl groups is 1. The van der Waals surface area contributed by atoms with Gasteiger partial charge in [0.05, 0.1) is 12.1 Å². The highest BCUT2D eigenvalue weighted by Crippen LogP contribution is 2.23. The minimum Gasteiger partial charge on any atom is -0.390 e. The van der Waals surface area contributed by atoms with Gasteiger partial charge in [0.2, 0.25) is 0 Å². The van der Waals surface area contributed by atoms with Gasteiger partial charge in [-0.3, -0.25) is 4.79 Å². The predicted molar refractivity (Wildman–Crippen MR) is 139 cm³/mol. The van der Waals surface area contributed by atoms with Crippen LogP contribution in [0.3, 0.4) is 0 Å². The summed E-state index contributed by atoms with van der Waals surface area (Å²) in [4.78, 5) is 14.5. The Bertz CT molecular complexity index is 1180. The summed E-state index contributed by atoms with van der Waals surface area (Å²) in [6, 6.07) is 10.4. The molecule has 1 amide bonds. The van der Waals surface area contributed by atoms with Gasteiger partial charge in [0, 0.05) is 31.8 Å². The van der Waals surface area contributed by atoms with Crippen molar-refractivity contribution >= 4 is 5.91 Å². The Hall–Kier alpha value is -3.10. The molecule has 0 fully saturated rings. The van der Waals surface area contributed by atoms with E-state index in [1.54, 1.807) is 14.0 Å². The minimum absolute atomic E-state index is 0.0471. The fourth-order valence-electron chi connectivity index (χ4n) is 4.61. The third-order valence-electron chi connectivity index (χ3n) is 6.71. The number of aliphatic hydroxyl groups excluding tert-OH is 1. The lowest BCUT2D eigenvalue weighted by Crippen LogP contribution is -2.50. The fraction of sp³-hybridized carbons (Fsp3) is 0.448. The normalized spacial score (nSPS) is 13.8. The summed E-state index contributed by atoms with van der Waals surface area (Å²) < 4.78 is 32.8. The van der Waals surface area contributed by atoms with E-state index in [0.717, 1.165) is 25.3 Å². The number of aryl methyl sites for hydroxylation is 3. The van der Waals surface area contributed by atoms with Gasteiger partial charge in [-0.1, -0.05) is 43.6 Å². The summed E-state index contributed by atoms with van der Waals surface area (Å²) >= 11 is 0. The Balaban J connectivity index is 1.82. The molecule has 3 aromatic rings. The smallest absolute Gasteiger partial charge is 0.276 e. The molecule has 0 saturated carbocycles. The molecule has 6 nitrogen and oxygen atoms in total. The molecule has 0 aliphatic rings. The van der Waals surface area contributed by atoms with Crippen molar-refractivity contribution in [2.45, 2.75) is 71.6 Å². The van der Waals surface area contributed by atoms with Crippen LogP contribution in [0.1, 0.15) is 71.7 Å². The lowest BCUT2D eigenvalue weighted by atomic mass is 9.94. The number of benzene rings is 2. The van der Waals surface area contributed by atoms with Crippen LogP contribution < -0.4 is 5.32 Å². The number of likely N-dealkylation sites (N-methyl/N-ethyl adjacent to an activating group) is 1. The van der Waals surface area contributed by atoms with Gasteiger partial charge < -0.3 is 19.8 Å². The van der Waals surface area contributed by atoms with Crippen LogP contribution >= 0.6 is 0 Å². The summed E-state index contributed by atoms with van der Waals surface area (Å²) in [5, 5.41) is 18.5. The SMILES string of the molecule is CCCc1ccc(CC)cc1[C@@H](C)NCC(O)C(Cc1cc(F)cc(F)c1)N(C)C(=O)c1cc(C)on1. The zero-order valence-electron chi connectivity index (χ0n) is 22.2. The van der Waals surface area contributed by atoms with Crippen LogP contribution in [0.25, 0.3) is 0 Å². The van der Waals surface area contributed by atoms with Crippen molar-refractivity contribution in [1.82, 2.24) is 15.4 Å². The van der Waals surface area contributed by atoms with Crippen molar-refractivity contribution in [3.63, 3.8) is 0 Å². The number of nitrogens with one attached hydrogen (secondary N) is 1. The first-order chi connectivity index (χ1) is 17.6. The van der Waals surface area contributed by atoms with Crippen molar-refractivity contribution in [2.24, 2.45) is 0 Å². The zero-order valence-corrected chi connectivity index (χ0v) is 22.2. The zero-order chi connectivity index (χ0) is 27.1. The molecule has 0 radical (unpaired) electrons. The number of hydrogen-bond donors (Lipinski definition) is 2. The predicted octanol–water partition coefficient (Wildman–Crippen LogP) is 5.17. The maximum atomic E-state index is 13.9. The van der Waals surface area contributed by atoms with Crippen molar-refractivity contribution in [3.05, 3.63) is 87.8 Å². The molecule has 3 rings (SSSR count). The highest BCUT2D eigenvalue weighted by molar-refractivity contribution is 5.92. The Morgan fingerprint density at radius 3 is 2.41 bits per heavy atom. The molecule has 37 heavy (non-hydrogen) atoms. The van der Waals surface area contributed by atoms with Gasteiger partial charge in [-0.15, -0.1) is 0 Å². The van der Waals surface area contributed by atoms with E-state index in [-0.39, 0.29) is 24.7 Å². The molecule has 1 heterocycles. The average molecular weight is 514 g/mol. The molecule has 0 aliphatic carbocycles. The highest BCUT2D eigenvalue weighted by Gasteiger charge is 2.30. The van der Waals surface area contributed by atoms with E-state index < -0.39 is 29.7 Å². The molecule has 0 aliphatic heterocycles. The Morgan fingerprint density at radius 2 is 1.81 bits per heavy atom. The summed E-state index contributed by atoms with van der Waals surface area (Å²) in [5.74, 6) is -1.40. The number of rotatable bonds is 12. The number of carbonyl (C=O) groups is 1. The van der Waals surface area contributed by atoms with E-state index in [1.807, 2.05) is 6.92 Å². The number of amides is 1. The Morgan fingerprint density at radius 1 is 1.11 bits per heavy atom. The summed E-state index contributed by atoms with van der Waals surface area (Å²) in [7, 11) is 1.55. The maximum Gasteiger partial charge on any atom is 0.276 e. The van der Waals surface area contributed by atoms with Crippen LogP contribution in [0.2, 0.25) is 0 Å². The highest BCUT2D eigenvalue weighted by atomic mass is 19.1. The molecular formula is C29H37F2N3O3. The number of nitrogens with zero attached hydrogens (tertiary/aromatic N) is 2. The molecule has 2 unspecified atom stereocenters. The fourth-order valence-corrected chi connectivity index (χ4v) is 4.61. The van der Waals surface area contributed by atoms with Crippen LogP contribution in [0.15, 0.2) is 47.0 Å². The third kappa shape index (κ3) is 7.46. The number of carbonyl (C=O) groups excluding carboxylic acids is 1. The van der Waals surface area contributed by atoms with Gasteiger partial charge in [0.25, 0.3) is 5.91 Å². The number of halogens is 2. The molecule has 0 saturated heterocycles. The summed E-state index contributed by atoms with van der Waals surface area (Å²) in [6.07, 6.45) is 1.93. The topological polar surface area (TPSA) is 78.6 Å².